The number of halogens is 2. The molecular weight excluding hydrogens is 241 g/mol. The molecule has 1 amide bonds. The van der Waals surface area contributed by atoms with Gasteiger partial charge in [-0.3, -0.25) is 4.79 Å². The van der Waals surface area contributed by atoms with Crippen LogP contribution in [0.3, 0.4) is 0 Å². The van der Waals surface area contributed by atoms with Crippen LogP contribution in [0.25, 0.3) is 0 Å². The van der Waals surface area contributed by atoms with E-state index in [1.165, 1.54) is 6.07 Å². The van der Waals surface area contributed by atoms with Gasteiger partial charge in [0.1, 0.15) is 5.82 Å². The third kappa shape index (κ3) is 4.00. The lowest BCUT2D eigenvalue weighted by Gasteiger charge is -2.11. The van der Waals surface area contributed by atoms with Crippen molar-refractivity contribution in [1.82, 2.24) is 5.32 Å². The zero-order valence-electron chi connectivity index (χ0n) is 10.1. The largest absolute Gasteiger partial charge is 0.352 e. The minimum absolute atomic E-state index is 0.100. The van der Waals surface area contributed by atoms with Crippen LogP contribution in [0.15, 0.2) is 18.2 Å². The Balaban J connectivity index is 2.61. The second-order valence-corrected chi connectivity index (χ2v) is 4.61. The fourth-order valence-corrected chi connectivity index (χ4v) is 1.85. The van der Waals surface area contributed by atoms with E-state index in [4.69, 9.17) is 11.6 Å². The number of nitrogens with one attached hydrogen (secondary N) is 1. The van der Waals surface area contributed by atoms with Crippen LogP contribution in [0, 0.1) is 18.7 Å². The zero-order valence-corrected chi connectivity index (χ0v) is 10.9. The molecule has 1 N–H and O–H groups in total. The Labute approximate surface area is 106 Å². The highest BCUT2D eigenvalue weighted by molar-refractivity contribution is 6.17. The van der Waals surface area contributed by atoms with Gasteiger partial charge in [-0.15, -0.1) is 11.6 Å². The van der Waals surface area contributed by atoms with E-state index >= 15 is 0 Å². The predicted octanol–water partition coefficient (Wildman–Crippen LogP) is 3.13. The van der Waals surface area contributed by atoms with Crippen LogP contribution in [-0.4, -0.2) is 18.3 Å². The van der Waals surface area contributed by atoms with Crippen molar-refractivity contribution in [3.8, 4) is 0 Å². The van der Waals surface area contributed by atoms with Crippen LogP contribution in [-0.2, 0) is 0 Å². The van der Waals surface area contributed by atoms with E-state index in [0.717, 1.165) is 6.42 Å². The quantitative estimate of drug-likeness (QED) is 0.807. The molecular formula is C13H17ClFNO. The maximum atomic E-state index is 13.6. The van der Waals surface area contributed by atoms with Gasteiger partial charge in [0, 0.05) is 12.4 Å². The predicted molar refractivity (Wildman–Crippen MR) is 68.0 cm³/mol. The first-order chi connectivity index (χ1) is 8.06. The molecule has 4 heteroatoms. The summed E-state index contributed by atoms with van der Waals surface area (Å²) in [7, 11) is 0. The number of hydrogen-bond acceptors (Lipinski definition) is 1. The van der Waals surface area contributed by atoms with Gasteiger partial charge in [0.2, 0.25) is 0 Å². The summed E-state index contributed by atoms with van der Waals surface area (Å²) in [5.41, 5.74) is 0.578. The molecule has 94 valence electrons. The fraction of sp³-hybridized carbons (Fsp3) is 0.462. The highest BCUT2D eigenvalue weighted by Crippen LogP contribution is 2.12. The summed E-state index contributed by atoms with van der Waals surface area (Å²) >= 11 is 5.60. The number of aryl methyl sites for hydroxylation is 1. The fourth-order valence-electron chi connectivity index (χ4n) is 1.47. The molecule has 0 radical (unpaired) electrons. The zero-order chi connectivity index (χ0) is 12.8. The summed E-state index contributed by atoms with van der Waals surface area (Å²) < 4.78 is 13.6. The van der Waals surface area contributed by atoms with E-state index in [-0.39, 0.29) is 11.5 Å². The van der Waals surface area contributed by atoms with Crippen LogP contribution in [0.5, 0.6) is 0 Å². The number of alkyl halides is 1. The standard InChI is InChI=1S/C13H17ClFNO/c1-9(6-7-14)8-16-13(17)11-5-3-4-10(2)12(11)15/h3-5,9H,6-8H2,1-2H3,(H,16,17). The molecule has 0 heterocycles. The van der Waals surface area contributed by atoms with Crippen molar-refractivity contribution < 1.29 is 9.18 Å². The van der Waals surface area contributed by atoms with E-state index in [9.17, 15) is 9.18 Å². The maximum Gasteiger partial charge on any atom is 0.254 e. The molecule has 0 saturated heterocycles. The molecule has 0 spiro atoms. The number of rotatable bonds is 5. The van der Waals surface area contributed by atoms with Crippen molar-refractivity contribution >= 4 is 17.5 Å². The third-order valence-electron chi connectivity index (χ3n) is 2.65. The molecule has 1 aromatic carbocycles. The molecule has 17 heavy (non-hydrogen) atoms. The van der Waals surface area contributed by atoms with E-state index in [1.807, 2.05) is 6.92 Å². The first kappa shape index (κ1) is 14.0. The molecule has 0 aliphatic heterocycles. The van der Waals surface area contributed by atoms with Gasteiger partial charge in [-0.25, -0.2) is 4.39 Å². The van der Waals surface area contributed by atoms with Gasteiger partial charge in [0.25, 0.3) is 5.91 Å². The summed E-state index contributed by atoms with van der Waals surface area (Å²) in [6.07, 6.45) is 0.831. The lowest BCUT2D eigenvalue weighted by Crippen LogP contribution is -2.29. The molecule has 0 saturated carbocycles. The Morgan fingerprint density at radius 1 is 1.53 bits per heavy atom. The summed E-state index contributed by atoms with van der Waals surface area (Å²) in [4.78, 5) is 11.7. The molecule has 0 bridgehead atoms. The van der Waals surface area contributed by atoms with Gasteiger partial charge >= 0.3 is 0 Å². The Kier molecular flexibility index (Phi) is 5.42. The molecule has 0 aromatic heterocycles. The molecule has 0 aliphatic carbocycles. The van der Waals surface area contributed by atoms with Gasteiger partial charge in [0.05, 0.1) is 5.56 Å². The van der Waals surface area contributed by atoms with Gasteiger partial charge in [0.15, 0.2) is 0 Å². The highest BCUT2D eigenvalue weighted by atomic mass is 35.5. The van der Waals surface area contributed by atoms with Crippen molar-refractivity contribution in [3.05, 3.63) is 35.1 Å². The molecule has 1 atom stereocenters. The minimum Gasteiger partial charge on any atom is -0.352 e. The van der Waals surface area contributed by atoms with Crippen molar-refractivity contribution in [2.45, 2.75) is 20.3 Å². The Morgan fingerprint density at radius 3 is 2.88 bits per heavy atom. The molecule has 0 fully saturated rings. The molecule has 1 rings (SSSR count). The Hall–Kier alpha value is -1.09. The molecule has 1 aromatic rings. The number of carbonyl (C=O) groups is 1. The van der Waals surface area contributed by atoms with E-state index in [2.05, 4.69) is 5.32 Å². The number of hydrogen-bond donors (Lipinski definition) is 1. The molecule has 2 nitrogen and oxygen atoms in total. The molecule has 0 aliphatic rings. The second kappa shape index (κ2) is 6.60. The van der Waals surface area contributed by atoms with E-state index in [1.54, 1.807) is 19.1 Å². The van der Waals surface area contributed by atoms with Crippen molar-refractivity contribution in [1.29, 1.82) is 0 Å². The summed E-state index contributed by atoms with van der Waals surface area (Å²) in [6.45, 7) is 4.15. The summed E-state index contributed by atoms with van der Waals surface area (Å²) in [5.74, 6) is 0.0440. The first-order valence-corrected chi connectivity index (χ1v) is 6.19. The highest BCUT2D eigenvalue weighted by Gasteiger charge is 2.13. The van der Waals surface area contributed by atoms with Gasteiger partial charge in [-0.1, -0.05) is 19.1 Å². The summed E-state index contributed by atoms with van der Waals surface area (Å²) in [6, 6.07) is 4.81. The van der Waals surface area contributed by atoms with Crippen LogP contribution in [0.2, 0.25) is 0 Å². The van der Waals surface area contributed by atoms with Gasteiger partial charge < -0.3 is 5.32 Å². The Bertz CT molecular complexity index is 395. The van der Waals surface area contributed by atoms with Crippen LogP contribution in [0.1, 0.15) is 29.3 Å². The molecule has 1 unspecified atom stereocenters. The Morgan fingerprint density at radius 2 is 2.24 bits per heavy atom. The third-order valence-corrected chi connectivity index (χ3v) is 2.87. The number of carbonyl (C=O) groups excluding carboxylic acids is 1. The monoisotopic (exact) mass is 257 g/mol. The van der Waals surface area contributed by atoms with Crippen molar-refractivity contribution in [3.63, 3.8) is 0 Å². The van der Waals surface area contributed by atoms with E-state index in [0.29, 0.717) is 23.9 Å². The first-order valence-electron chi connectivity index (χ1n) is 5.65. The maximum absolute atomic E-state index is 13.6. The number of benzene rings is 1. The lowest BCUT2D eigenvalue weighted by atomic mass is 10.1. The average Bonchev–Trinajstić information content (AvgIpc) is 2.30. The topological polar surface area (TPSA) is 29.1 Å². The minimum atomic E-state index is -0.449. The van der Waals surface area contributed by atoms with Gasteiger partial charge in [-0.2, -0.15) is 0 Å². The van der Waals surface area contributed by atoms with Crippen LogP contribution >= 0.6 is 11.6 Å². The lowest BCUT2D eigenvalue weighted by molar-refractivity contribution is 0.0943. The SMILES string of the molecule is Cc1cccc(C(=O)NCC(C)CCCl)c1F. The van der Waals surface area contributed by atoms with Crippen molar-refractivity contribution in [2.24, 2.45) is 5.92 Å². The smallest absolute Gasteiger partial charge is 0.254 e. The normalized spacial score (nSPS) is 12.2. The van der Waals surface area contributed by atoms with Crippen LogP contribution in [0.4, 0.5) is 4.39 Å². The van der Waals surface area contributed by atoms with Crippen LogP contribution < -0.4 is 5.32 Å². The summed E-state index contributed by atoms with van der Waals surface area (Å²) in [5, 5.41) is 2.71. The second-order valence-electron chi connectivity index (χ2n) is 4.23. The average molecular weight is 258 g/mol. The van der Waals surface area contributed by atoms with Crippen molar-refractivity contribution in [2.75, 3.05) is 12.4 Å². The van der Waals surface area contributed by atoms with E-state index < -0.39 is 5.82 Å². The van der Waals surface area contributed by atoms with Gasteiger partial charge in [-0.05, 0) is 30.9 Å². The number of amides is 1.